The average Bonchev–Trinajstić information content (AvgIpc) is 3.20. The zero-order chi connectivity index (χ0) is 22.0. The highest BCUT2D eigenvalue weighted by atomic mass is 35.5. The summed E-state index contributed by atoms with van der Waals surface area (Å²) < 4.78 is 2.91. The van der Waals surface area contributed by atoms with E-state index in [-0.39, 0.29) is 23.7 Å². The van der Waals surface area contributed by atoms with Gasteiger partial charge in [0.05, 0.1) is 0 Å². The highest BCUT2D eigenvalue weighted by molar-refractivity contribution is 7.22. The van der Waals surface area contributed by atoms with E-state index >= 15 is 0 Å². The van der Waals surface area contributed by atoms with Crippen molar-refractivity contribution in [1.82, 2.24) is 14.1 Å². The molecule has 10 heteroatoms. The number of piperidine rings is 1. The second-order valence-electron chi connectivity index (χ2n) is 7.58. The van der Waals surface area contributed by atoms with Crippen molar-refractivity contribution < 1.29 is 4.79 Å². The normalized spacial score (nSPS) is 14.2. The molecule has 8 nitrogen and oxygen atoms in total. The third-order valence-electron chi connectivity index (χ3n) is 5.24. The van der Waals surface area contributed by atoms with E-state index in [2.05, 4.69) is 15.2 Å². The maximum Gasteiger partial charge on any atom is 0.333 e. The molecule has 0 unspecified atom stereocenters. The largest absolute Gasteiger partial charge is 0.348 e. The molecule has 1 N–H and O–H groups in total. The molecule has 1 aliphatic rings. The van der Waals surface area contributed by atoms with Crippen LogP contribution in [0.15, 0.2) is 33.9 Å². The van der Waals surface area contributed by atoms with Crippen LogP contribution in [0, 0.1) is 0 Å². The predicted molar refractivity (Wildman–Crippen MR) is 125 cm³/mol. The van der Waals surface area contributed by atoms with Gasteiger partial charge in [-0.3, -0.25) is 18.7 Å². The minimum atomic E-state index is -0.518. The Balaban J connectivity index is 1.74. The topological polar surface area (TPSA) is 89.2 Å². The zero-order valence-electron chi connectivity index (χ0n) is 17.3. The van der Waals surface area contributed by atoms with Gasteiger partial charge in [0, 0.05) is 30.3 Å². The number of aromatic nitrogens is 3. The number of rotatable bonds is 6. The van der Waals surface area contributed by atoms with Crippen LogP contribution in [-0.2, 0) is 17.9 Å². The first-order valence-electron chi connectivity index (χ1n) is 10.4. The Labute approximate surface area is 188 Å². The third kappa shape index (κ3) is 4.52. The highest BCUT2D eigenvalue weighted by Gasteiger charge is 2.22. The fraction of sp³-hybridized carbons (Fsp3) is 0.429. The molecule has 1 aliphatic heterocycles. The standard InChI is InChI=1S/C21H24ClN5O3S/c1-2-9-26-19(29)17-18(24-20(31-17)25-10-4-3-5-11-25)27(21(26)30)13-16(28)23-15-8-6-7-14(22)12-15/h6-8,12H,2-5,9-11,13H2,1H3,(H,23,28). The summed E-state index contributed by atoms with van der Waals surface area (Å²) >= 11 is 7.28. The first kappa shape index (κ1) is 21.6. The van der Waals surface area contributed by atoms with Crippen LogP contribution in [0.3, 0.4) is 0 Å². The number of hydrogen-bond donors (Lipinski definition) is 1. The van der Waals surface area contributed by atoms with Gasteiger partial charge in [-0.1, -0.05) is 35.9 Å². The lowest BCUT2D eigenvalue weighted by Gasteiger charge is -2.25. The Morgan fingerprint density at radius 1 is 1.19 bits per heavy atom. The molecular formula is C21H24ClN5O3S. The minimum absolute atomic E-state index is 0.241. The smallest absolute Gasteiger partial charge is 0.333 e. The van der Waals surface area contributed by atoms with Gasteiger partial charge in [-0.15, -0.1) is 0 Å². The molecule has 0 aliphatic carbocycles. The fourth-order valence-electron chi connectivity index (χ4n) is 3.76. The van der Waals surface area contributed by atoms with Crippen molar-refractivity contribution in [3.8, 4) is 0 Å². The van der Waals surface area contributed by atoms with E-state index in [1.165, 1.54) is 26.9 Å². The number of nitrogens with one attached hydrogen (secondary N) is 1. The molecule has 0 saturated carbocycles. The quantitative estimate of drug-likeness (QED) is 0.608. The molecule has 0 bridgehead atoms. The number of nitrogens with zero attached hydrogens (tertiary/aromatic N) is 4. The molecular weight excluding hydrogens is 438 g/mol. The molecule has 0 radical (unpaired) electrons. The van der Waals surface area contributed by atoms with Crippen LogP contribution < -0.4 is 21.5 Å². The van der Waals surface area contributed by atoms with E-state index in [1.54, 1.807) is 24.3 Å². The van der Waals surface area contributed by atoms with Crippen LogP contribution in [0.25, 0.3) is 10.3 Å². The highest BCUT2D eigenvalue weighted by Crippen LogP contribution is 2.28. The van der Waals surface area contributed by atoms with Crippen molar-refractivity contribution in [2.75, 3.05) is 23.3 Å². The van der Waals surface area contributed by atoms with E-state index in [0.717, 1.165) is 31.1 Å². The summed E-state index contributed by atoms with van der Waals surface area (Å²) in [7, 11) is 0. The van der Waals surface area contributed by atoms with Gasteiger partial charge in [0.2, 0.25) is 5.91 Å². The summed E-state index contributed by atoms with van der Waals surface area (Å²) in [4.78, 5) is 45.6. The summed E-state index contributed by atoms with van der Waals surface area (Å²) in [5, 5.41) is 3.98. The van der Waals surface area contributed by atoms with Crippen molar-refractivity contribution >= 4 is 50.0 Å². The van der Waals surface area contributed by atoms with Crippen molar-refractivity contribution in [2.45, 2.75) is 45.7 Å². The minimum Gasteiger partial charge on any atom is -0.348 e. The van der Waals surface area contributed by atoms with Crippen molar-refractivity contribution in [2.24, 2.45) is 0 Å². The Bertz CT molecular complexity index is 1230. The number of fused-ring (bicyclic) bond motifs is 1. The maximum atomic E-state index is 13.1. The number of halogens is 1. The summed E-state index contributed by atoms with van der Waals surface area (Å²) in [6.45, 7) is 3.71. The second-order valence-corrected chi connectivity index (χ2v) is 8.99. The molecule has 4 rings (SSSR count). The molecule has 3 heterocycles. The van der Waals surface area contributed by atoms with Crippen LogP contribution in [0.2, 0.25) is 5.02 Å². The molecule has 31 heavy (non-hydrogen) atoms. The fourth-order valence-corrected chi connectivity index (χ4v) is 5.02. The van der Waals surface area contributed by atoms with Gasteiger partial charge >= 0.3 is 5.69 Å². The van der Waals surface area contributed by atoms with Crippen LogP contribution in [-0.4, -0.2) is 33.1 Å². The van der Waals surface area contributed by atoms with Crippen LogP contribution in [0.5, 0.6) is 0 Å². The van der Waals surface area contributed by atoms with Gasteiger partial charge in [0.25, 0.3) is 5.56 Å². The Hall–Kier alpha value is -2.65. The van der Waals surface area contributed by atoms with Crippen molar-refractivity contribution in [1.29, 1.82) is 0 Å². The maximum absolute atomic E-state index is 13.1. The SMILES string of the molecule is CCCn1c(=O)c2sc(N3CCCCC3)nc2n(CC(=O)Nc2cccc(Cl)c2)c1=O. The molecule has 2 aromatic heterocycles. The van der Waals surface area contributed by atoms with E-state index in [0.29, 0.717) is 28.4 Å². The number of hydrogen-bond acceptors (Lipinski definition) is 6. The van der Waals surface area contributed by atoms with Gasteiger partial charge in [-0.25, -0.2) is 9.78 Å². The number of thiazole rings is 1. The molecule has 0 atom stereocenters. The van der Waals surface area contributed by atoms with Gasteiger partial charge < -0.3 is 10.2 Å². The summed E-state index contributed by atoms with van der Waals surface area (Å²) in [5.74, 6) is -0.389. The van der Waals surface area contributed by atoms with Gasteiger partial charge in [0.15, 0.2) is 10.8 Å². The number of amides is 1. The second kappa shape index (κ2) is 9.23. The number of benzene rings is 1. The van der Waals surface area contributed by atoms with Crippen molar-refractivity contribution in [3.63, 3.8) is 0 Å². The van der Waals surface area contributed by atoms with E-state index in [4.69, 9.17) is 11.6 Å². The molecule has 1 saturated heterocycles. The van der Waals surface area contributed by atoms with E-state index in [1.807, 2.05) is 6.92 Å². The molecule has 1 amide bonds. The van der Waals surface area contributed by atoms with E-state index in [9.17, 15) is 14.4 Å². The monoisotopic (exact) mass is 461 g/mol. The lowest BCUT2D eigenvalue weighted by Crippen LogP contribution is -2.41. The zero-order valence-corrected chi connectivity index (χ0v) is 18.8. The van der Waals surface area contributed by atoms with Crippen LogP contribution >= 0.6 is 22.9 Å². The Morgan fingerprint density at radius 3 is 2.68 bits per heavy atom. The molecule has 1 fully saturated rings. The Morgan fingerprint density at radius 2 is 1.97 bits per heavy atom. The summed E-state index contributed by atoms with van der Waals surface area (Å²) in [6, 6.07) is 6.79. The van der Waals surface area contributed by atoms with Crippen molar-refractivity contribution in [3.05, 3.63) is 50.1 Å². The molecule has 0 spiro atoms. The van der Waals surface area contributed by atoms with Crippen LogP contribution in [0.1, 0.15) is 32.6 Å². The first-order chi connectivity index (χ1) is 15.0. The van der Waals surface area contributed by atoms with E-state index < -0.39 is 5.69 Å². The lowest BCUT2D eigenvalue weighted by atomic mass is 10.1. The summed E-state index contributed by atoms with van der Waals surface area (Å²) in [5.41, 5.74) is -0.0460. The summed E-state index contributed by atoms with van der Waals surface area (Å²) in [6.07, 6.45) is 3.96. The Kier molecular flexibility index (Phi) is 6.43. The van der Waals surface area contributed by atoms with Gasteiger partial charge in [-0.05, 0) is 43.9 Å². The lowest BCUT2D eigenvalue weighted by molar-refractivity contribution is -0.116. The number of anilines is 2. The van der Waals surface area contributed by atoms with Gasteiger partial charge in [-0.2, -0.15) is 0 Å². The van der Waals surface area contributed by atoms with Crippen LogP contribution in [0.4, 0.5) is 10.8 Å². The third-order valence-corrected chi connectivity index (χ3v) is 6.57. The average molecular weight is 462 g/mol. The number of carbonyl (C=O) groups is 1. The first-order valence-corrected chi connectivity index (χ1v) is 11.6. The van der Waals surface area contributed by atoms with Gasteiger partial charge in [0.1, 0.15) is 11.2 Å². The molecule has 3 aromatic rings. The predicted octanol–water partition coefficient (Wildman–Crippen LogP) is 3.31. The molecule has 164 valence electrons. The number of carbonyl (C=O) groups excluding carboxylic acids is 1. The molecule has 1 aromatic carbocycles.